The molecule has 1 unspecified atom stereocenters. The van der Waals surface area contributed by atoms with E-state index in [2.05, 4.69) is 0 Å². The van der Waals surface area contributed by atoms with Crippen LogP contribution in [0.25, 0.3) is 0 Å². The zero-order chi connectivity index (χ0) is 5.98. The molecule has 0 aromatic carbocycles. The number of hydrogen-bond donors (Lipinski definition) is 0. The van der Waals surface area contributed by atoms with Crippen molar-refractivity contribution in [1.82, 2.24) is 5.12 Å². The van der Waals surface area contributed by atoms with Gasteiger partial charge in [-0.2, -0.15) is 5.12 Å². The average molecular weight is 117 g/mol. The largest absolute Gasteiger partial charge is 0.218 e. The van der Waals surface area contributed by atoms with E-state index in [1.165, 1.54) is 12.2 Å². The van der Waals surface area contributed by atoms with Crippen molar-refractivity contribution in [2.24, 2.45) is 0 Å². The highest BCUT2D eigenvalue weighted by Gasteiger charge is 2.09. The molecular formula is C5H5F2N. The number of alkyl halides is 1. The zero-order valence-electron chi connectivity index (χ0n) is 4.09. The van der Waals surface area contributed by atoms with Crippen LogP contribution < -0.4 is 0 Å². The van der Waals surface area contributed by atoms with Gasteiger partial charge in [-0.05, 0) is 12.2 Å². The van der Waals surface area contributed by atoms with E-state index in [0.717, 1.165) is 12.3 Å². The summed E-state index contributed by atoms with van der Waals surface area (Å²) >= 11 is 0. The average Bonchev–Trinajstić information content (AvgIpc) is 1.77. The van der Waals surface area contributed by atoms with E-state index in [1.54, 1.807) is 0 Å². The summed E-state index contributed by atoms with van der Waals surface area (Å²) in [6.45, 7) is 0. The Kier molecular flexibility index (Phi) is 1.28. The number of nitrogens with zero attached hydrogens (tertiary/aromatic N) is 1. The van der Waals surface area contributed by atoms with E-state index in [1.807, 2.05) is 0 Å². The van der Waals surface area contributed by atoms with Crippen LogP contribution in [0.5, 0.6) is 0 Å². The summed E-state index contributed by atoms with van der Waals surface area (Å²) in [6, 6.07) is 0. The van der Waals surface area contributed by atoms with E-state index in [-0.39, 0.29) is 5.12 Å². The Morgan fingerprint density at radius 2 is 2.12 bits per heavy atom. The van der Waals surface area contributed by atoms with Crippen LogP contribution in [-0.2, 0) is 0 Å². The predicted octanol–water partition coefficient (Wildman–Crippen LogP) is 1.55. The Hall–Kier alpha value is -0.860. The Morgan fingerprint density at radius 3 is 2.50 bits per heavy atom. The van der Waals surface area contributed by atoms with Gasteiger partial charge < -0.3 is 0 Å². The molecule has 1 heterocycles. The molecule has 0 N–H and O–H groups in total. The fraction of sp³-hybridized carbons (Fsp3) is 0.200. The quantitative estimate of drug-likeness (QED) is 0.343. The molecule has 1 rings (SSSR count). The van der Waals surface area contributed by atoms with Crippen molar-refractivity contribution in [2.75, 3.05) is 0 Å². The van der Waals surface area contributed by atoms with Crippen LogP contribution in [0.2, 0.25) is 0 Å². The van der Waals surface area contributed by atoms with Gasteiger partial charge in [-0.1, -0.05) is 10.6 Å². The molecule has 0 bridgehead atoms. The molecule has 1 nitrogen and oxygen atoms in total. The summed E-state index contributed by atoms with van der Waals surface area (Å²) in [5.41, 5.74) is 0. The van der Waals surface area contributed by atoms with E-state index in [9.17, 15) is 8.87 Å². The number of allylic oxidation sites excluding steroid dienone is 2. The van der Waals surface area contributed by atoms with Crippen molar-refractivity contribution in [3.8, 4) is 0 Å². The van der Waals surface area contributed by atoms with Crippen LogP contribution in [0, 0.1) is 0 Å². The van der Waals surface area contributed by atoms with Crippen molar-refractivity contribution in [1.29, 1.82) is 0 Å². The first-order valence-corrected chi connectivity index (χ1v) is 2.24. The second kappa shape index (κ2) is 1.94. The summed E-state index contributed by atoms with van der Waals surface area (Å²) < 4.78 is 23.9. The standard InChI is InChI=1S/C5H5F2N/c6-5-3-1-2-4-8(5)7/h1-5H. The highest BCUT2D eigenvalue weighted by atomic mass is 19.2. The van der Waals surface area contributed by atoms with Crippen molar-refractivity contribution in [3.05, 3.63) is 24.4 Å². The van der Waals surface area contributed by atoms with Crippen LogP contribution in [0.4, 0.5) is 8.87 Å². The van der Waals surface area contributed by atoms with Crippen molar-refractivity contribution < 1.29 is 8.87 Å². The minimum Gasteiger partial charge on any atom is -0.216 e. The van der Waals surface area contributed by atoms with Crippen LogP contribution in [-0.4, -0.2) is 11.4 Å². The minimum atomic E-state index is -1.60. The molecule has 1 aliphatic heterocycles. The summed E-state index contributed by atoms with van der Waals surface area (Å²) in [7, 11) is 0. The first-order chi connectivity index (χ1) is 3.80. The minimum absolute atomic E-state index is 0. The SMILES string of the molecule is FC1C=CC=CN1F. The van der Waals surface area contributed by atoms with E-state index >= 15 is 0 Å². The molecule has 0 aromatic rings. The lowest BCUT2D eigenvalue weighted by Crippen LogP contribution is -2.16. The van der Waals surface area contributed by atoms with Gasteiger partial charge in [0.15, 0.2) is 0 Å². The lowest BCUT2D eigenvalue weighted by atomic mass is 10.4. The number of halogens is 2. The first kappa shape index (κ1) is 5.28. The van der Waals surface area contributed by atoms with Gasteiger partial charge in [0.25, 0.3) is 0 Å². The normalized spacial score (nSPS) is 26.8. The second-order valence-corrected chi connectivity index (χ2v) is 1.44. The van der Waals surface area contributed by atoms with Crippen molar-refractivity contribution in [3.63, 3.8) is 0 Å². The maximum absolute atomic E-state index is 12.0. The van der Waals surface area contributed by atoms with Gasteiger partial charge >= 0.3 is 0 Å². The summed E-state index contributed by atoms with van der Waals surface area (Å²) in [6.07, 6.45) is 3.45. The third-order valence-electron chi connectivity index (χ3n) is 0.845. The maximum atomic E-state index is 12.0. The topological polar surface area (TPSA) is 3.24 Å². The Morgan fingerprint density at radius 1 is 1.38 bits per heavy atom. The van der Waals surface area contributed by atoms with Crippen molar-refractivity contribution >= 4 is 0 Å². The Balaban J connectivity index is 2.59. The van der Waals surface area contributed by atoms with E-state index in [4.69, 9.17) is 0 Å². The van der Waals surface area contributed by atoms with Crippen LogP contribution in [0.3, 0.4) is 0 Å². The monoisotopic (exact) mass is 117 g/mol. The van der Waals surface area contributed by atoms with Gasteiger partial charge in [0.05, 0.1) is 0 Å². The molecule has 1 aliphatic rings. The molecule has 8 heavy (non-hydrogen) atoms. The van der Waals surface area contributed by atoms with Crippen LogP contribution in [0.15, 0.2) is 24.4 Å². The number of rotatable bonds is 0. The van der Waals surface area contributed by atoms with Crippen LogP contribution >= 0.6 is 0 Å². The van der Waals surface area contributed by atoms with Gasteiger partial charge in [-0.15, -0.1) is 0 Å². The van der Waals surface area contributed by atoms with Gasteiger partial charge in [-0.25, -0.2) is 4.39 Å². The highest BCUT2D eigenvalue weighted by molar-refractivity contribution is 5.08. The lowest BCUT2D eigenvalue weighted by molar-refractivity contribution is -0.00651. The molecule has 0 aliphatic carbocycles. The van der Waals surface area contributed by atoms with Gasteiger partial charge in [-0.3, -0.25) is 0 Å². The molecule has 0 aromatic heterocycles. The number of hydrogen-bond acceptors (Lipinski definition) is 1. The van der Waals surface area contributed by atoms with E-state index < -0.39 is 6.30 Å². The third-order valence-corrected chi connectivity index (χ3v) is 0.845. The maximum Gasteiger partial charge on any atom is 0.218 e. The van der Waals surface area contributed by atoms with Crippen LogP contribution in [0.1, 0.15) is 0 Å². The van der Waals surface area contributed by atoms with Gasteiger partial charge in [0.2, 0.25) is 6.30 Å². The third kappa shape index (κ3) is 0.857. The molecule has 0 fully saturated rings. The van der Waals surface area contributed by atoms with Gasteiger partial charge in [0, 0.05) is 6.20 Å². The fourth-order valence-electron chi connectivity index (χ4n) is 0.452. The molecule has 1 atom stereocenters. The van der Waals surface area contributed by atoms with E-state index in [0.29, 0.717) is 0 Å². The smallest absolute Gasteiger partial charge is 0.216 e. The zero-order valence-corrected chi connectivity index (χ0v) is 4.09. The predicted molar refractivity (Wildman–Crippen MR) is 26.1 cm³/mol. The molecule has 0 radical (unpaired) electrons. The molecule has 0 saturated heterocycles. The molecule has 0 amide bonds. The molecular weight excluding hydrogens is 112 g/mol. The molecule has 3 heteroatoms. The fourth-order valence-corrected chi connectivity index (χ4v) is 0.452. The summed E-state index contributed by atoms with van der Waals surface area (Å²) in [5.74, 6) is 0. The Bertz CT molecular complexity index is 114. The molecule has 44 valence electrons. The second-order valence-electron chi connectivity index (χ2n) is 1.44. The summed E-state index contributed by atoms with van der Waals surface area (Å²) in [4.78, 5) is 0. The highest BCUT2D eigenvalue weighted by Crippen LogP contribution is 2.08. The molecule has 0 spiro atoms. The Labute approximate surface area is 45.8 Å². The first-order valence-electron chi connectivity index (χ1n) is 2.24. The molecule has 0 saturated carbocycles. The van der Waals surface area contributed by atoms with Gasteiger partial charge in [0.1, 0.15) is 0 Å². The summed E-state index contributed by atoms with van der Waals surface area (Å²) in [5, 5.41) is 0. The lowest BCUT2D eigenvalue weighted by Gasteiger charge is -2.11. The van der Waals surface area contributed by atoms with Crippen molar-refractivity contribution in [2.45, 2.75) is 6.30 Å².